The Morgan fingerprint density at radius 3 is 2.32 bits per heavy atom. The molecule has 0 bridgehead atoms. The van der Waals surface area contributed by atoms with Crippen LogP contribution in [0.25, 0.3) is 0 Å². The summed E-state index contributed by atoms with van der Waals surface area (Å²) in [5, 5.41) is 0. The van der Waals surface area contributed by atoms with Crippen molar-refractivity contribution < 1.29 is 4.79 Å². The standard InChI is InChI=1S/C20H27NO/c1-15-7-9-17(10-8-15)11-16(2)12-20(22)21-13-18-5-3-4-6-19(18)14-21/h3-4,7-10,16,18-19H,5-6,11-14H2,1-2H3. The highest BCUT2D eigenvalue weighted by molar-refractivity contribution is 5.76. The van der Waals surface area contributed by atoms with Gasteiger partial charge in [-0.2, -0.15) is 0 Å². The zero-order valence-corrected chi connectivity index (χ0v) is 13.8. The lowest BCUT2D eigenvalue weighted by Crippen LogP contribution is -2.30. The first kappa shape index (κ1) is 15.3. The van der Waals surface area contributed by atoms with Crippen molar-refractivity contribution in [2.75, 3.05) is 13.1 Å². The lowest BCUT2D eigenvalue weighted by molar-refractivity contribution is -0.131. The highest BCUT2D eigenvalue weighted by Gasteiger charge is 2.35. The summed E-state index contributed by atoms with van der Waals surface area (Å²) in [7, 11) is 0. The monoisotopic (exact) mass is 297 g/mol. The minimum Gasteiger partial charge on any atom is -0.342 e. The first-order valence-electron chi connectivity index (χ1n) is 8.60. The van der Waals surface area contributed by atoms with Crippen molar-refractivity contribution in [1.29, 1.82) is 0 Å². The molecule has 0 radical (unpaired) electrons. The summed E-state index contributed by atoms with van der Waals surface area (Å²) in [5.74, 6) is 2.19. The fraction of sp³-hybridized carbons (Fsp3) is 0.550. The van der Waals surface area contributed by atoms with Gasteiger partial charge in [0.05, 0.1) is 0 Å². The van der Waals surface area contributed by atoms with Gasteiger partial charge in [0.15, 0.2) is 0 Å². The SMILES string of the molecule is Cc1ccc(CC(C)CC(=O)N2CC3CC=CCC3C2)cc1. The molecule has 1 heterocycles. The zero-order chi connectivity index (χ0) is 15.5. The Morgan fingerprint density at radius 1 is 1.14 bits per heavy atom. The maximum Gasteiger partial charge on any atom is 0.222 e. The number of rotatable bonds is 4. The van der Waals surface area contributed by atoms with Crippen molar-refractivity contribution >= 4 is 5.91 Å². The molecular formula is C20H27NO. The topological polar surface area (TPSA) is 20.3 Å². The van der Waals surface area contributed by atoms with E-state index in [4.69, 9.17) is 0 Å². The molecule has 3 unspecified atom stereocenters. The van der Waals surface area contributed by atoms with E-state index >= 15 is 0 Å². The third-order valence-electron chi connectivity index (χ3n) is 5.20. The number of carbonyl (C=O) groups excluding carboxylic acids is 1. The molecule has 1 aliphatic carbocycles. The summed E-state index contributed by atoms with van der Waals surface area (Å²) in [4.78, 5) is 14.7. The van der Waals surface area contributed by atoms with Crippen LogP contribution in [0.2, 0.25) is 0 Å². The normalized spacial score (nSPS) is 25.1. The fourth-order valence-corrected chi connectivity index (χ4v) is 3.84. The van der Waals surface area contributed by atoms with Gasteiger partial charge in [0.25, 0.3) is 0 Å². The van der Waals surface area contributed by atoms with E-state index in [0.717, 1.165) is 32.4 Å². The van der Waals surface area contributed by atoms with Crippen LogP contribution < -0.4 is 0 Å². The van der Waals surface area contributed by atoms with E-state index in [9.17, 15) is 4.79 Å². The minimum atomic E-state index is 0.356. The Morgan fingerprint density at radius 2 is 1.73 bits per heavy atom. The first-order valence-corrected chi connectivity index (χ1v) is 8.60. The number of nitrogens with zero attached hydrogens (tertiary/aromatic N) is 1. The summed E-state index contributed by atoms with van der Waals surface area (Å²) in [6, 6.07) is 8.68. The summed E-state index contributed by atoms with van der Waals surface area (Å²) >= 11 is 0. The smallest absolute Gasteiger partial charge is 0.222 e. The first-order chi connectivity index (χ1) is 10.6. The number of amides is 1. The van der Waals surface area contributed by atoms with Gasteiger partial charge in [-0.25, -0.2) is 0 Å². The molecule has 22 heavy (non-hydrogen) atoms. The molecule has 1 aromatic carbocycles. The van der Waals surface area contributed by atoms with Crippen LogP contribution in [0, 0.1) is 24.7 Å². The van der Waals surface area contributed by atoms with Crippen LogP contribution in [0.5, 0.6) is 0 Å². The van der Waals surface area contributed by atoms with Gasteiger partial charge in [0, 0.05) is 19.5 Å². The molecule has 3 atom stereocenters. The highest BCUT2D eigenvalue weighted by atomic mass is 16.2. The Kier molecular flexibility index (Phi) is 4.66. The van der Waals surface area contributed by atoms with Crippen LogP contribution in [0.15, 0.2) is 36.4 Å². The summed E-state index contributed by atoms with van der Waals surface area (Å²) < 4.78 is 0. The zero-order valence-electron chi connectivity index (χ0n) is 13.8. The summed E-state index contributed by atoms with van der Waals surface area (Å²) in [6.45, 7) is 6.26. The molecule has 0 N–H and O–H groups in total. The van der Waals surface area contributed by atoms with Gasteiger partial charge < -0.3 is 4.90 Å². The predicted molar refractivity (Wildman–Crippen MR) is 90.6 cm³/mol. The molecule has 1 aromatic rings. The minimum absolute atomic E-state index is 0.356. The van der Waals surface area contributed by atoms with Crippen LogP contribution >= 0.6 is 0 Å². The van der Waals surface area contributed by atoms with Crippen molar-refractivity contribution in [3.63, 3.8) is 0 Å². The second-order valence-electron chi connectivity index (χ2n) is 7.26. The molecule has 0 saturated carbocycles. The van der Waals surface area contributed by atoms with Gasteiger partial charge in [-0.3, -0.25) is 4.79 Å². The molecule has 3 rings (SSSR count). The third kappa shape index (κ3) is 3.60. The summed E-state index contributed by atoms with van der Waals surface area (Å²) in [5.41, 5.74) is 2.63. The van der Waals surface area contributed by atoms with Crippen LogP contribution in [0.4, 0.5) is 0 Å². The third-order valence-corrected chi connectivity index (χ3v) is 5.20. The number of fused-ring (bicyclic) bond motifs is 1. The van der Waals surface area contributed by atoms with E-state index in [1.54, 1.807) is 0 Å². The van der Waals surface area contributed by atoms with Crippen molar-refractivity contribution in [3.8, 4) is 0 Å². The van der Waals surface area contributed by atoms with Crippen molar-refractivity contribution in [1.82, 2.24) is 4.90 Å². The van der Waals surface area contributed by atoms with Gasteiger partial charge in [-0.05, 0) is 49.5 Å². The van der Waals surface area contributed by atoms with E-state index in [0.29, 0.717) is 30.1 Å². The number of allylic oxidation sites excluding steroid dienone is 2. The second-order valence-corrected chi connectivity index (χ2v) is 7.26. The Balaban J connectivity index is 1.50. The lowest BCUT2D eigenvalue weighted by atomic mass is 9.86. The van der Waals surface area contributed by atoms with E-state index in [1.807, 2.05) is 0 Å². The van der Waals surface area contributed by atoms with E-state index in [-0.39, 0.29) is 0 Å². The van der Waals surface area contributed by atoms with Gasteiger partial charge in [-0.15, -0.1) is 0 Å². The predicted octanol–water partition coefficient (Wildman–Crippen LogP) is 3.99. The van der Waals surface area contributed by atoms with E-state index in [2.05, 4.69) is 55.2 Å². The molecule has 1 saturated heterocycles. The number of aryl methyl sites for hydroxylation is 1. The van der Waals surface area contributed by atoms with Gasteiger partial charge in [0.1, 0.15) is 0 Å². The van der Waals surface area contributed by atoms with Crippen molar-refractivity contribution in [2.24, 2.45) is 17.8 Å². The molecule has 2 heteroatoms. The quantitative estimate of drug-likeness (QED) is 0.770. The molecule has 1 amide bonds. The Hall–Kier alpha value is -1.57. The van der Waals surface area contributed by atoms with Gasteiger partial charge in [0.2, 0.25) is 5.91 Å². The van der Waals surface area contributed by atoms with Crippen LogP contribution in [0.3, 0.4) is 0 Å². The molecule has 1 aliphatic heterocycles. The number of benzene rings is 1. The van der Waals surface area contributed by atoms with E-state index < -0.39 is 0 Å². The Bertz CT molecular complexity index is 529. The molecular weight excluding hydrogens is 270 g/mol. The number of carbonyl (C=O) groups is 1. The van der Waals surface area contributed by atoms with Crippen molar-refractivity contribution in [3.05, 3.63) is 47.5 Å². The highest BCUT2D eigenvalue weighted by Crippen LogP contribution is 2.33. The van der Waals surface area contributed by atoms with Crippen LogP contribution in [0.1, 0.15) is 37.3 Å². The maximum atomic E-state index is 12.5. The number of hydrogen-bond acceptors (Lipinski definition) is 1. The molecule has 2 nitrogen and oxygen atoms in total. The summed E-state index contributed by atoms with van der Waals surface area (Å²) in [6.07, 6.45) is 8.57. The molecule has 118 valence electrons. The largest absolute Gasteiger partial charge is 0.342 e. The van der Waals surface area contributed by atoms with Gasteiger partial charge in [-0.1, -0.05) is 48.9 Å². The molecule has 2 aliphatic rings. The fourth-order valence-electron chi connectivity index (χ4n) is 3.84. The van der Waals surface area contributed by atoms with E-state index in [1.165, 1.54) is 11.1 Å². The Labute approximate surface area is 134 Å². The number of likely N-dealkylation sites (tertiary alicyclic amines) is 1. The molecule has 0 spiro atoms. The maximum absolute atomic E-state index is 12.5. The van der Waals surface area contributed by atoms with Crippen molar-refractivity contribution in [2.45, 2.75) is 39.5 Å². The van der Waals surface area contributed by atoms with Gasteiger partial charge >= 0.3 is 0 Å². The lowest BCUT2D eigenvalue weighted by Gasteiger charge is -2.19. The van der Waals surface area contributed by atoms with Crippen LogP contribution in [-0.4, -0.2) is 23.9 Å². The molecule has 1 fully saturated rings. The average molecular weight is 297 g/mol. The average Bonchev–Trinajstić information content (AvgIpc) is 2.93. The second kappa shape index (κ2) is 6.68. The molecule has 0 aromatic heterocycles. The number of hydrogen-bond donors (Lipinski definition) is 0. The van der Waals surface area contributed by atoms with Crippen LogP contribution in [-0.2, 0) is 11.2 Å².